The Balaban J connectivity index is 2.18. The molecule has 1 fully saturated rings. The molecule has 3 heteroatoms. The van der Waals surface area contributed by atoms with Crippen LogP contribution in [0.3, 0.4) is 0 Å². The Kier molecular flexibility index (Phi) is 3.90. The van der Waals surface area contributed by atoms with Gasteiger partial charge in [-0.15, -0.1) is 0 Å². The molecule has 1 heterocycles. The zero-order valence-corrected chi connectivity index (χ0v) is 11.4. The average Bonchev–Trinajstić information content (AvgIpc) is 2.38. The molecule has 2 rings (SSSR count). The fraction of sp³-hybridized carbons (Fsp3) is 0.533. The predicted octanol–water partition coefficient (Wildman–Crippen LogP) is 3.13. The largest absolute Gasteiger partial charge is 0.388 e. The molecule has 0 saturated carbocycles. The van der Waals surface area contributed by atoms with Crippen molar-refractivity contribution in [3.63, 3.8) is 0 Å². The van der Waals surface area contributed by atoms with Crippen LogP contribution in [-0.4, -0.2) is 29.9 Å². The molecule has 18 heavy (non-hydrogen) atoms. The summed E-state index contributed by atoms with van der Waals surface area (Å²) < 4.78 is 0. The van der Waals surface area contributed by atoms with Crippen molar-refractivity contribution in [2.75, 3.05) is 12.4 Å². The van der Waals surface area contributed by atoms with E-state index in [2.05, 4.69) is 19.2 Å². The average molecular weight is 246 g/mol. The molecule has 1 aliphatic heterocycles. The van der Waals surface area contributed by atoms with E-state index >= 15 is 0 Å². The van der Waals surface area contributed by atoms with Crippen molar-refractivity contribution in [2.24, 2.45) is 0 Å². The number of carbonyl (C=O) groups excluding carboxylic acids is 1. The van der Waals surface area contributed by atoms with E-state index in [0.717, 1.165) is 24.1 Å². The lowest BCUT2D eigenvalue weighted by molar-refractivity contribution is 0.0511. The third-order valence-corrected chi connectivity index (χ3v) is 3.85. The van der Waals surface area contributed by atoms with Crippen molar-refractivity contribution in [1.29, 1.82) is 0 Å². The van der Waals surface area contributed by atoms with E-state index in [1.165, 1.54) is 6.42 Å². The number of benzene rings is 1. The second-order valence-corrected chi connectivity index (χ2v) is 5.17. The van der Waals surface area contributed by atoms with E-state index in [1.807, 2.05) is 36.2 Å². The second kappa shape index (κ2) is 5.42. The molecule has 1 amide bonds. The van der Waals surface area contributed by atoms with Crippen molar-refractivity contribution in [2.45, 2.75) is 45.2 Å². The molecular weight excluding hydrogens is 224 g/mol. The van der Waals surface area contributed by atoms with Gasteiger partial charge in [0, 0.05) is 30.4 Å². The van der Waals surface area contributed by atoms with Crippen LogP contribution < -0.4 is 5.32 Å². The highest BCUT2D eigenvalue weighted by molar-refractivity contribution is 5.95. The zero-order valence-electron chi connectivity index (χ0n) is 11.4. The maximum Gasteiger partial charge on any atom is 0.254 e. The van der Waals surface area contributed by atoms with Gasteiger partial charge in [0.25, 0.3) is 5.91 Å². The Morgan fingerprint density at radius 3 is 2.22 bits per heavy atom. The topological polar surface area (TPSA) is 32.3 Å². The van der Waals surface area contributed by atoms with E-state index in [1.54, 1.807) is 0 Å². The van der Waals surface area contributed by atoms with Gasteiger partial charge in [-0.25, -0.2) is 0 Å². The molecule has 0 bridgehead atoms. The van der Waals surface area contributed by atoms with Crippen LogP contribution in [0, 0.1) is 0 Å². The molecule has 1 aromatic carbocycles. The van der Waals surface area contributed by atoms with Crippen molar-refractivity contribution >= 4 is 11.6 Å². The molecule has 2 atom stereocenters. The summed E-state index contributed by atoms with van der Waals surface area (Å²) in [5, 5.41) is 3.07. The number of carbonyl (C=O) groups is 1. The maximum atomic E-state index is 12.5. The lowest BCUT2D eigenvalue weighted by atomic mass is 9.96. The van der Waals surface area contributed by atoms with Crippen molar-refractivity contribution in [3.05, 3.63) is 29.8 Å². The molecule has 0 aliphatic carbocycles. The Morgan fingerprint density at radius 2 is 1.72 bits per heavy atom. The van der Waals surface area contributed by atoms with Crippen LogP contribution in [0.4, 0.5) is 5.69 Å². The summed E-state index contributed by atoms with van der Waals surface area (Å²) in [5.41, 5.74) is 1.82. The number of likely N-dealkylation sites (tertiary alicyclic amines) is 1. The van der Waals surface area contributed by atoms with Crippen LogP contribution in [0.5, 0.6) is 0 Å². The smallest absolute Gasteiger partial charge is 0.254 e. The summed E-state index contributed by atoms with van der Waals surface area (Å²) in [6.07, 6.45) is 3.46. The minimum absolute atomic E-state index is 0.164. The molecule has 1 aliphatic rings. The van der Waals surface area contributed by atoms with Crippen LogP contribution >= 0.6 is 0 Å². The number of piperidine rings is 1. The van der Waals surface area contributed by atoms with Crippen LogP contribution in [0.1, 0.15) is 43.5 Å². The summed E-state index contributed by atoms with van der Waals surface area (Å²) >= 11 is 0. The Hall–Kier alpha value is -1.51. The van der Waals surface area contributed by atoms with Gasteiger partial charge >= 0.3 is 0 Å². The molecular formula is C15H22N2O. The molecule has 0 aromatic heterocycles. The third kappa shape index (κ3) is 2.50. The van der Waals surface area contributed by atoms with Crippen LogP contribution in [0.2, 0.25) is 0 Å². The number of anilines is 1. The van der Waals surface area contributed by atoms with Gasteiger partial charge in [-0.1, -0.05) is 0 Å². The van der Waals surface area contributed by atoms with E-state index in [-0.39, 0.29) is 5.91 Å². The van der Waals surface area contributed by atoms with E-state index in [4.69, 9.17) is 0 Å². The van der Waals surface area contributed by atoms with E-state index in [0.29, 0.717) is 12.1 Å². The summed E-state index contributed by atoms with van der Waals surface area (Å²) in [4.78, 5) is 14.6. The molecule has 1 saturated heterocycles. The van der Waals surface area contributed by atoms with E-state index < -0.39 is 0 Å². The number of hydrogen-bond acceptors (Lipinski definition) is 2. The number of nitrogens with zero attached hydrogens (tertiary/aromatic N) is 1. The van der Waals surface area contributed by atoms with Gasteiger partial charge in [0.15, 0.2) is 0 Å². The highest BCUT2D eigenvalue weighted by Crippen LogP contribution is 2.24. The normalized spacial score (nSPS) is 23.8. The number of nitrogens with one attached hydrogen (secondary N) is 1. The number of hydrogen-bond donors (Lipinski definition) is 1. The van der Waals surface area contributed by atoms with Gasteiger partial charge in [0.05, 0.1) is 0 Å². The van der Waals surface area contributed by atoms with Crippen molar-refractivity contribution < 1.29 is 4.79 Å². The minimum Gasteiger partial charge on any atom is -0.388 e. The summed E-state index contributed by atoms with van der Waals surface area (Å²) in [6, 6.07) is 8.42. The van der Waals surface area contributed by atoms with Gasteiger partial charge in [-0.05, 0) is 57.4 Å². The fourth-order valence-electron chi connectivity index (χ4n) is 2.75. The lowest BCUT2D eigenvalue weighted by Gasteiger charge is -2.39. The molecule has 1 aromatic rings. The highest BCUT2D eigenvalue weighted by Gasteiger charge is 2.29. The van der Waals surface area contributed by atoms with Gasteiger partial charge < -0.3 is 10.2 Å². The molecule has 3 nitrogen and oxygen atoms in total. The number of amides is 1. The van der Waals surface area contributed by atoms with E-state index in [9.17, 15) is 4.79 Å². The summed E-state index contributed by atoms with van der Waals surface area (Å²) in [6.45, 7) is 4.30. The Bertz CT molecular complexity index is 403. The van der Waals surface area contributed by atoms with Crippen molar-refractivity contribution in [1.82, 2.24) is 4.90 Å². The van der Waals surface area contributed by atoms with Gasteiger partial charge in [-0.3, -0.25) is 4.79 Å². The predicted molar refractivity (Wildman–Crippen MR) is 74.9 cm³/mol. The second-order valence-electron chi connectivity index (χ2n) is 5.17. The molecule has 0 spiro atoms. The molecule has 1 N–H and O–H groups in total. The number of rotatable bonds is 2. The first-order valence-corrected chi connectivity index (χ1v) is 6.74. The highest BCUT2D eigenvalue weighted by atomic mass is 16.2. The summed E-state index contributed by atoms with van der Waals surface area (Å²) in [5.74, 6) is 0.164. The summed E-state index contributed by atoms with van der Waals surface area (Å²) in [7, 11) is 1.88. The SMILES string of the molecule is CNc1ccc(C(=O)N2C(C)CCCC2C)cc1. The third-order valence-electron chi connectivity index (χ3n) is 3.85. The fourth-order valence-corrected chi connectivity index (χ4v) is 2.75. The van der Waals surface area contributed by atoms with Crippen LogP contribution in [-0.2, 0) is 0 Å². The monoisotopic (exact) mass is 246 g/mol. The first kappa shape index (κ1) is 12.9. The first-order chi connectivity index (χ1) is 8.63. The molecule has 0 radical (unpaired) electrons. The quantitative estimate of drug-likeness (QED) is 0.869. The Morgan fingerprint density at radius 1 is 1.17 bits per heavy atom. The zero-order chi connectivity index (χ0) is 13.1. The lowest BCUT2D eigenvalue weighted by Crippen LogP contribution is -2.47. The Labute approximate surface area is 109 Å². The molecule has 2 unspecified atom stereocenters. The van der Waals surface area contributed by atoms with Crippen molar-refractivity contribution in [3.8, 4) is 0 Å². The van der Waals surface area contributed by atoms with Gasteiger partial charge in [-0.2, -0.15) is 0 Å². The van der Waals surface area contributed by atoms with Gasteiger partial charge in [0.1, 0.15) is 0 Å². The minimum atomic E-state index is 0.164. The maximum absolute atomic E-state index is 12.5. The first-order valence-electron chi connectivity index (χ1n) is 6.74. The van der Waals surface area contributed by atoms with Gasteiger partial charge in [0.2, 0.25) is 0 Å². The van der Waals surface area contributed by atoms with Crippen LogP contribution in [0.15, 0.2) is 24.3 Å². The molecule has 98 valence electrons. The van der Waals surface area contributed by atoms with Crippen LogP contribution in [0.25, 0.3) is 0 Å². The standard InChI is InChI=1S/C15H22N2O/c1-11-5-4-6-12(2)17(11)15(18)13-7-9-14(16-3)10-8-13/h7-12,16H,4-6H2,1-3H3.